The fraction of sp³-hybridized carbons (Fsp3) is 0.167. The minimum Gasteiger partial charge on any atom is -0.494 e. The first kappa shape index (κ1) is 18.1. The molecule has 0 radical (unpaired) electrons. The van der Waals surface area contributed by atoms with Crippen LogP contribution in [0.15, 0.2) is 48.8 Å². The van der Waals surface area contributed by atoms with Gasteiger partial charge in [0.2, 0.25) is 0 Å². The van der Waals surface area contributed by atoms with Crippen LogP contribution in [0.1, 0.15) is 5.56 Å². The predicted octanol–water partition coefficient (Wildman–Crippen LogP) is 4.50. The lowest BCUT2D eigenvalue weighted by molar-refractivity contribution is 0.208. The first-order chi connectivity index (χ1) is 15.0. The van der Waals surface area contributed by atoms with Crippen molar-refractivity contribution in [3.05, 3.63) is 60.2 Å². The number of nitrogens with zero attached hydrogens (tertiary/aromatic N) is 1. The zero-order chi connectivity index (χ0) is 21.3. The van der Waals surface area contributed by atoms with Crippen LogP contribution in [0.4, 0.5) is 4.39 Å². The molecule has 6 rings (SSSR count). The van der Waals surface area contributed by atoms with Crippen molar-refractivity contribution >= 4 is 21.8 Å². The van der Waals surface area contributed by atoms with Crippen molar-refractivity contribution in [3.8, 4) is 34.0 Å². The number of aromatic nitrogens is 3. The molecule has 1 aliphatic heterocycles. The lowest BCUT2D eigenvalue weighted by Crippen LogP contribution is -2.21. The summed E-state index contributed by atoms with van der Waals surface area (Å²) in [6, 6.07) is 10.5. The quantitative estimate of drug-likeness (QED) is 0.299. The number of hydrogen-bond acceptors (Lipinski definition) is 3. The minimum absolute atomic E-state index is 0.108. The van der Waals surface area contributed by atoms with E-state index in [0.717, 1.165) is 33.8 Å². The standard InChI is InChI=1S/C24H20FN3O3/c25-14-4-5-15-17(8-26-19(15)7-14)20-21(24(31)27-23(20)30)18-10-28-9-12(11-29)6-13-2-1-3-16(18)22(13)28/h1-5,7-8,10,12,26-27,29-31H,6,9,11H2. The zero-order valence-corrected chi connectivity index (χ0v) is 16.5. The molecule has 2 aromatic carbocycles. The zero-order valence-electron chi connectivity index (χ0n) is 16.5. The number of rotatable bonds is 3. The average Bonchev–Trinajstić information content (AvgIpc) is 3.41. The number of hydrogen-bond donors (Lipinski definition) is 5. The molecular weight excluding hydrogens is 397 g/mol. The van der Waals surface area contributed by atoms with Gasteiger partial charge < -0.3 is 24.9 Å². The van der Waals surface area contributed by atoms with Crippen LogP contribution in [0.2, 0.25) is 0 Å². The van der Waals surface area contributed by atoms with Crippen molar-refractivity contribution in [1.29, 1.82) is 0 Å². The minimum atomic E-state index is -0.352. The molecule has 1 atom stereocenters. The van der Waals surface area contributed by atoms with Crippen LogP contribution in [-0.4, -0.2) is 36.5 Å². The molecule has 0 fully saturated rings. The Labute approximate surface area is 176 Å². The Kier molecular flexibility index (Phi) is 3.73. The van der Waals surface area contributed by atoms with Gasteiger partial charge in [0.1, 0.15) is 5.82 Å². The largest absolute Gasteiger partial charge is 0.494 e. The summed E-state index contributed by atoms with van der Waals surface area (Å²) in [4.78, 5) is 5.70. The van der Waals surface area contributed by atoms with Crippen LogP contribution in [0, 0.1) is 11.7 Å². The van der Waals surface area contributed by atoms with Crippen LogP contribution in [0.5, 0.6) is 11.8 Å². The van der Waals surface area contributed by atoms with Gasteiger partial charge in [-0.25, -0.2) is 4.39 Å². The third-order valence-electron chi connectivity index (χ3n) is 6.35. The average molecular weight is 417 g/mol. The summed E-state index contributed by atoms with van der Waals surface area (Å²) in [5, 5.41) is 32.9. The predicted molar refractivity (Wildman–Crippen MR) is 117 cm³/mol. The molecule has 0 spiro atoms. The molecule has 3 aromatic heterocycles. The second-order valence-corrected chi connectivity index (χ2v) is 8.23. The second kappa shape index (κ2) is 6.39. The van der Waals surface area contributed by atoms with Gasteiger partial charge in [-0.05, 0) is 30.2 Å². The Morgan fingerprint density at radius 3 is 2.65 bits per heavy atom. The molecule has 4 heterocycles. The molecule has 5 N–H and O–H groups in total. The van der Waals surface area contributed by atoms with Crippen LogP contribution in [0.3, 0.4) is 0 Å². The highest BCUT2D eigenvalue weighted by atomic mass is 19.1. The maximum atomic E-state index is 13.7. The number of nitrogens with one attached hydrogen (secondary N) is 2. The molecule has 31 heavy (non-hydrogen) atoms. The number of halogens is 1. The number of aromatic amines is 2. The first-order valence-corrected chi connectivity index (χ1v) is 10.2. The van der Waals surface area contributed by atoms with Gasteiger partial charge in [0.15, 0.2) is 11.8 Å². The fourth-order valence-electron chi connectivity index (χ4n) is 5.03. The Bertz CT molecular complexity index is 1480. The fourth-order valence-corrected chi connectivity index (χ4v) is 5.03. The number of fused-ring (bicyclic) bond motifs is 1. The lowest BCUT2D eigenvalue weighted by Gasteiger charge is -2.22. The Hall–Kier alpha value is -3.71. The van der Waals surface area contributed by atoms with Gasteiger partial charge in [-0.15, -0.1) is 0 Å². The van der Waals surface area contributed by atoms with Gasteiger partial charge in [0.25, 0.3) is 0 Å². The van der Waals surface area contributed by atoms with E-state index in [1.807, 2.05) is 18.3 Å². The summed E-state index contributed by atoms with van der Waals surface area (Å²) in [6.07, 6.45) is 4.47. The van der Waals surface area contributed by atoms with Crippen LogP contribution < -0.4 is 0 Å². The van der Waals surface area contributed by atoms with E-state index in [0.29, 0.717) is 28.8 Å². The molecule has 0 bridgehead atoms. The Morgan fingerprint density at radius 1 is 1.03 bits per heavy atom. The third-order valence-corrected chi connectivity index (χ3v) is 6.35. The molecule has 1 aliphatic rings. The van der Waals surface area contributed by atoms with E-state index < -0.39 is 0 Å². The topological polar surface area (TPSA) is 97.2 Å². The Balaban J connectivity index is 1.63. The summed E-state index contributed by atoms with van der Waals surface area (Å²) >= 11 is 0. The van der Waals surface area contributed by atoms with E-state index in [2.05, 4.69) is 20.6 Å². The highest BCUT2D eigenvalue weighted by Gasteiger charge is 2.28. The smallest absolute Gasteiger partial charge is 0.200 e. The molecular formula is C24H20FN3O3. The number of aliphatic hydroxyl groups excluding tert-OH is 1. The molecule has 0 saturated heterocycles. The van der Waals surface area contributed by atoms with Crippen molar-refractivity contribution in [2.24, 2.45) is 5.92 Å². The number of H-pyrrole nitrogens is 2. The molecule has 156 valence electrons. The van der Waals surface area contributed by atoms with Gasteiger partial charge in [0, 0.05) is 58.9 Å². The Morgan fingerprint density at radius 2 is 1.84 bits per heavy atom. The van der Waals surface area contributed by atoms with Gasteiger partial charge in [-0.3, -0.25) is 4.98 Å². The molecule has 5 aromatic rings. The maximum Gasteiger partial charge on any atom is 0.200 e. The number of benzene rings is 2. The van der Waals surface area contributed by atoms with Crippen LogP contribution in [-0.2, 0) is 13.0 Å². The number of aromatic hydroxyl groups is 2. The highest BCUT2D eigenvalue weighted by molar-refractivity contribution is 6.08. The van der Waals surface area contributed by atoms with Crippen molar-refractivity contribution in [3.63, 3.8) is 0 Å². The second-order valence-electron chi connectivity index (χ2n) is 8.23. The summed E-state index contributed by atoms with van der Waals surface area (Å²) in [5.41, 5.74) is 5.24. The van der Waals surface area contributed by atoms with E-state index in [1.165, 1.54) is 12.1 Å². The molecule has 0 aliphatic carbocycles. The van der Waals surface area contributed by atoms with Gasteiger partial charge in [-0.2, -0.15) is 0 Å². The van der Waals surface area contributed by atoms with Crippen molar-refractivity contribution in [2.75, 3.05) is 6.61 Å². The summed E-state index contributed by atoms with van der Waals surface area (Å²) in [5.74, 6) is -0.506. The summed E-state index contributed by atoms with van der Waals surface area (Å²) in [6.45, 7) is 0.791. The normalized spacial score (nSPS) is 15.9. The first-order valence-electron chi connectivity index (χ1n) is 10.2. The van der Waals surface area contributed by atoms with Crippen LogP contribution >= 0.6 is 0 Å². The lowest BCUT2D eigenvalue weighted by atomic mass is 9.93. The van der Waals surface area contributed by atoms with E-state index in [4.69, 9.17) is 0 Å². The SMILES string of the molecule is OCC1Cc2cccc3c(-c4c(O)[nH]c(O)c4-c4c[nH]c5cc(F)ccc45)cn(c23)C1. The summed E-state index contributed by atoms with van der Waals surface area (Å²) < 4.78 is 15.8. The summed E-state index contributed by atoms with van der Waals surface area (Å²) in [7, 11) is 0. The van der Waals surface area contributed by atoms with Crippen molar-refractivity contribution in [1.82, 2.24) is 14.5 Å². The van der Waals surface area contributed by atoms with Gasteiger partial charge in [0.05, 0.1) is 16.6 Å². The number of aliphatic hydroxyl groups is 1. The van der Waals surface area contributed by atoms with E-state index >= 15 is 0 Å². The van der Waals surface area contributed by atoms with Crippen LogP contribution in [0.25, 0.3) is 44.1 Å². The third kappa shape index (κ3) is 2.53. The van der Waals surface area contributed by atoms with Gasteiger partial charge >= 0.3 is 0 Å². The molecule has 6 nitrogen and oxygen atoms in total. The number of para-hydroxylation sites is 1. The molecule has 0 amide bonds. The van der Waals surface area contributed by atoms with E-state index in [9.17, 15) is 19.7 Å². The molecule has 0 saturated carbocycles. The molecule has 7 heteroatoms. The van der Waals surface area contributed by atoms with E-state index in [1.54, 1.807) is 12.3 Å². The monoisotopic (exact) mass is 417 g/mol. The highest BCUT2D eigenvalue weighted by Crippen LogP contribution is 2.49. The van der Waals surface area contributed by atoms with E-state index in [-0.39, 0.29) is 30.1 Å². The van der Waals surface area contributed by atoms with Gasteiger partial charge in [-0.1, -0.05) is 18.2 Å². The maximum absolute atomic E-state index is 13.7. The molecule has 1 unspecified atom stereocenters. The van der Waals surface area contributed by atoms with Crippen molar-refractivity contribution < 1.29 is 19.7 Å². The van der Waals surface area contributed by atoms with Crippen molar-refractivity contribution in [2.45, 2.75) is 13.0 Å².